The number of aryl methyl sites for hydroxylation is 2. The van der Waals surface area contributed by atoms with E-state index in [2.05, 4.69) is 5.32 Å². The van der Waals surface area contributed by atoms with Crippen LogP contribution in [0, 0.1) is 24.0 Å². The Balaban J connectivity index is 2.58. The third-order valence-corrected chi connectivity index (χ3v) is 4.98. The van der Waals surface area contributed by atoms with Crippen LogP contribution < -0.4 is 10.5 Å². The number of carbonyl (C=O) groups is 1. The Bertz CT molecular complexity index is 969. The summed E-state index contributed by atoms with van der Waals surface area (Å²) in [6.07, 6.45) is 0. The smallest absolute Gasteiger partial charge is 0.301 e. The first kappa shape index (κ1) is 18.8. The summed E-state index contributed by atoms with van der Waals surface area (Å²) >= 11 is 5.82. The Labute approximate surface area is 148 Å². The van der Waals surface area contributed by atoms with Crippen molar-refractivity contribution < 1.29 is 18.1 Å². The monoisotopic (exact) mass is 383 g/mol. The number of anilines is 1. The summed E-state index contributed by atoms with van der Waals surface area (Å²) in [5, 5.41) is 18.2. The van der Waals surface area contributed by atoms with Gasteiger partial charge in [-0.1, -0.05) is 29.8 Å². The van der Waals surface area contributed by atoms with Gasteiger partial charge >= 0.3 is 5.69 Å². The summed E-state index contributed by atoms with van der Waals surface area (Å²) in [6.45, 7) is 3.54. The van der Waals surface area contributed by atoms with Gasteiger partial charge < -0.3 is 5.32 Å². The number of nitrogens with zero attached hydrogens (tertiary/aromatic N) is 1. The lowest BCUT2D eigenvalue weighted by Gasteiger charge is -2.12. The third-order valence-electron chi connectivity index (χ3n) is 3.53. The zero-order valence-electron chi connectivity index (χ0n) is 13.2. The molecule has 0 aliphatic heterocycles. The number of para-hydroxylation sites is 1. The molecule has 8 nitrogen and oxygen atoms in total. The number of nitrogens with two attached hydrogens (primary N) is 1. The van der Waals surface area contributed by atoms with Crippen LogP contribution in [0.25, 0.3) is 0 Å². The number of hydrogen-bond donors (Lipinski definition) is 2. The second kappa shape index (κ2) is 6.79. The van der Waals surface area contributed by atoms with E-state index in [1.54, 1.807) is 32.0 Å². The van der Waals surface area contributed by atoms with E-state index in [0.29, 0.717) is 5.69 Å². The van der Waals surface area contributed by atoms with Crippen molar-refractivity contribution in [3.05, 3.63) is 62.2 Å². The number of nitro groups is 1. The summed E-state index contributed by atoms with van der Waals surface area (Å²) < 4.78 is 22.9. The van der Waals surface area contributed by atoms with Gasteiger partial charge in [-0.05, 0) is 37.1 Å². The molecule has 0 unspecified atom stereocenters. The molecular formula is C15H14ClN3O5S. The number of hydrogen-bond acceptors (Lipinski definition) is 5. The van der Waals surface area contributed by atoms with Crippen molar-refractivity contribution in [3.8, 4) is 0 Å². The third kappa shape index (κ3) is 3.78. The molecule has 3 N–H and O–H groups in total. The van der Waals surface area contributed by atoms with Crippen LogP contribution in [0.5, 0.6) is 0 Å². The summed E-state index contributed by atoms with van der Waals surface area (Å²) in [4.78, 5) is 22.3. The quantitative estimate of drug-likeness (QED) is 0.618. The maximum atomic E-state index is 12.5. The fourth-order valence-electron chi connectivity index (χ4n) is 2.32. The second-order valence-electron chi connectivity index (χ2n) is 5.30. The second-order valence-corrected chi connectivity index (χ2v) is 7.20. The summed E-state index contributed by atoms with van der Waals surface area (Å²) in [6, 6.07) is 7.32. The zero-order valence-corrected chi connectivity index (χ0v) is 14.8. The van der Waals surface area contributed by atoms with Gasteiger partial charge in [-0.3, -0.25) is 14.9 Å². The Hall–Kier alpha value is -2.49. The van der Waals surface area contributed by atoms with Crippen LogP contribution >= 0.6 is 11.6 Å². The van der Waals surface area contributed by atoms with E-state index in [0.717, 1.165) is 23.3 Å². The van der Waals surface area contributed by atoms with E-state index in [9.17, 15) is 23.3 Å². The SMILES string of the molecule is Cc1cccc(C)c1NC(=O)c1ccc(S(N)(=O)=O)c(Cl)c1[N+](=O)[O-]. The molecule has 0 fully saturated rings. The maximum Gasteiger partial charge on any atom is 0.301 e. The van der Waals surface area contributed by atoms with E-state index in [4.69, 9.17) is 16.7 Å². The molecule has 0 saturated heterocycles. The van der Waals surface area contributed by atoms with Gasteiger partial charge in [0.15, 0.2) is 0 Å². The predicted octanol–water partition coefficient (Wildman–Crippen LogP) is 2.76. The fraction of sp³-hybridized carbons (Fsp3) is 0.133. The Morgan fingerprint density at radius 2 is 1.76 bits per heavy atom. The van der Waals surface area contributed by atoms with E-state index < -0.39 is 36.5 Å². The molecule has 0 heterocycles. The molecule has 0 spiro atoms. The van der Waals surface area contributed by atoms with Gasteiger partial charge in [0.25, 0.3) is 5.91 Å². The fourth-order valence-corrected chi connectivity index (χ4v) is 3.48. The predicted molar refractivity (Wildman–Crippen MR) is 93.3 cm³/mol. The number of benzene rings is 2. The van der Waals surface area contributed by atoms with Crippen LogP contribution in [0.4, 0.5) is 11.4 Å². The van der Waals surface area contributed by atoms with Crippen molar-refractivity contribution in [1.82, 2.24) is 0 Å². The maximum absolute atomic E-state index is 12.5. The van der Waals surface area contributed by atoms with E-state index >= 15 is 0 Å². The first-order valence-electron chi connectivity index (χ1n) is 6.91. The molecular weight excluding hydrogens is 370 g/mol. The van der Waals surface area contributed by atoms with E-state index in [1.807, 2.05) is 0 Å². The van der Waals surface area contributed by atoms with Crippen molar-refractivity contribution in [3.63, 3.8) is 0 Å². The minimum atomic E-state index is -4.27. The largest absolute Gasteiger partial charge is 0.321 e. The van der Waals surface area contributed by atoms with Crippen LogP contribution in [0.2, 0.25) is 5.02 Å². The lowest BCUT2D eigenvalue weighted by Crippen LogP contribution is -2.18. The highest BCUT2D eigenvalue weighted by molar-refractivity contribution is 7.89. The van der Waals surface area contributed by atoms with Crippen molar-refractivity contribution in [2.75, 3.05) is 5.32 Å². The average molecular weight is 384 g/mol. The first-order chi connectivity index (χ1) is 11.5. The number of halogens is 1. The molecule has 10 heteroatoms. The molecule has 2 aromatic carbocycles. The number of nitrogens with one attached hydrogen (secondary N) is 1. The molecule has 0 radical (unpaired) electrons. The topological polar surface area (TPSA) is 132 Å². The Morgan fingerprint density at radius 3 is 2.24 bits per heavy atom. The molecule has 2 aromatic rings. The van der Waals surface area contributed by atoms with Crippen LogP contribution in [-0.2, 0) is 10.0 Å². The molecule has 1 amide bonds. The molecule has 25 heavy (non-hydrogen) atoms. The molecule has 0 atom stereocenters. The molecule has 0 saturated carbocycles. The first-order valence-corrected chi connectivity index (χ1v) is 8.83. The van der Waals surface area contributed by atoms with Crippen LogP contribution in [-0.4, -0.2) is 19.2 Å². The molecule has 2 rings (SSSR count). The number of carbonyl (C=O) groups excluding carboxylic acids is 1. The highest BCUT2D eigenvalue weighted by atomic mass is 35.5. The van der Waals surface area contributed by atoms with Crippen LogP contribution in [0.15, 0.2) is 35.2 Å². The van der Waals surface area contributed by atoms with Crippen molar-refractivity contribution in [2.45, 2.75) is 18.7 Å². The average Bonchev–Trinajstić information content (AvgIpc) is 2.48. The van der Waals surface area contributed by atoms with Gasteiger partial charge in [0.1, 0.15) is 15.5 Å². The highest BCUT2D eigenvalue weighted by Gasteiger charge is 2.30. The molecule has 0 aliphatic rings. The zero-order chi connectivity index (χ0) is 18.9. The molecule has 132 valence electrons. The molecule has 0 bridgehead atoms. The van der Waals surface area contributed by atoms with E-state index in [1.165, 1.54) is 0 Å². The van der Waals surface area contributed by atoms with Gasteiger partial charge in [-0.2, -0.15) is 0 Å². The number of rotatable bonds is 4. The Kier molecular flexibility index (Phi) is 5.12. The number of primary sulfonamides is 1. The van der Waals surface area contributed by atoms with Crippen molar-refractivity contribution in [1.29, 1.82) is 0 Å². The van der Waals surface area contributed by atoms with Crippen molar-refractivity contribution >= 4 is 38.9 Å². The van der Waals surface area contributed by atoms with Gasteiger partial charge in [0, 0.05) is 5.69 Å². The minimum Gasteiger partial charge on any atom is -0.321 e. The number of sulfonamides is 1. The minimum absolute atomic E-state index is 0.370. The highest BCUT2D eigenvalue weighted by Crippen LogP contribution is 2.34. The molecule has 0 aliphatic carbocycles. The summed E-state index contributed by atoms with van der Waals surface area (Å²) in [5.41, 5.74) is 0.849. The normalized spacial score (nSPS) is 11.2. The Morgan fingerprint density at radius 1 is 1.20 bits per heavy atom. The van der Waals surface area contributed by atoms with E-state index in [-0.39, 0.29) is 5.56 Å². The number of nitro benzene ring substituents is 1. The van der Waals surface area contributed by atoms with Crippen LogP contribution in [0.3, 0.4) is 0 Å². The van der Waals surface area contributed by atoms with Gasteiger partial charge in [-0.25, -0.2) is 13.6 Å². The van der Waals surface area contributed by atoms with Gasteiger partial charge in [-0.15, -0.1) is 0 Å². The molecule has 0 aromatic heterocycles. The lowest BCUT2D eigenvalue weighted by molar-refractivity contribution is -0.385. The standard InChI is InChI=1S/C15H14ClN3O5S/c1-8-4-3-5-9(2)13(8)18-15(20)10-6-7-11(25(17,23)24)12(16)14(10)19(21)22/h3-7H,1-2H3,(H,18,20)(H2,17,23,24). The van der Waals surface area contributed by atoms with Crippen LogP contribution in [0.1, 0.15) is 21.5 Å². The lowest BCUT2D eigenvalue weighted by atomic mass is 10.1. The number of amides is 1. The van der Waals surface area contributed by atoms with Gasteiger partial charge in [0.05, 0.1) is 4.92 Å². The summed E-state index contributed by atoms with van der Waals surface area (Å²) in [7, 11) is -4.27. The van der Waals surface area contributed by atoms with Gasteiger partial charge in [0.2, 0.25) is 10.0 Å². The summed E-state index contributed by atoms with van der Waals surface area (Å²) in [5.74, 6) is -0.785. The van der Waals surface area contributed by atoms with Crippen molar-refractivity contribution in [2.24, 2.45) is 5.14 Å².